The second-order valence-corrected chi connectivity index (χ2v) is 5.92. The SMILES string of the molecule is CC1CCc2cc(N3C(=O)c4ccccc4C3=O)ccc2N1. The number of hydrogen-bond donors (Lipinski definition) is 1. The Kier molecular flexibility index (Phi) is 2.79. The molecule has 0 bridgehead atoms. The first-order valence-electron chi connectivity index (χ1n) is 7.52. The molecule has 0 fully saturated rings. The van der Waals surface area contributed by atoms with Crippen molar-refractivity contribution in [2.45, 2.75) is 25.8 Å². The van der Waals surface area contributed by atoms with Gasteiger partial charge < -0.3 is 5.32 Å². The number of benzene rings is 2. The number of anilines is 2. The van der Waals surface area contributed by atoms with Crippen LogP contribution in [0.1, 0.15) is 39.6 Å². The summed E-state index contributed by atoms with van der Waals surface area (Å²) in [7, 11) is 0. The predicted molar refractivity (Wildman–Crippen MR) is 85.4 cm³/mol. The molecule has 4 heteroatoms. The van der Waals surface area contributed by atoms with Crippen molar-refractivity contribution in [3.05, 3.63) is 59.2 Å². The normalized spacial score (nSPS) is 19.7. The number of aryl methyl sites for hydroxylation is 1. The largest absolute Gasteiger partial charge is 0.382 e. The van der Waals surface area contributed by atoms with E-state index in [0.29, 0.717) is 22.9 Å². The molecule has 22 heavy (non-hydrogen) atoms. The van der Waals surface area contributed by atoms with Crippen molar-refractivity contribution in [1.29, 1.82) is 0 Å². The average Bonchev–Trinajstić information content (AvgIpc) is 2.79. The van der Waals surface area contributed by atoms with Gasteiger partial charge in [-0.05, 0) is 55.7 Å². The Morgan fingerprint density at radius 2 is 1.73 bits per heavy atom. The highest BCUT2D eigenvalue weighted by molar-refractivity contribution is 6.34. The lowest BCUT2D eigenvalue weighted by Gasteiger charge is -2.25. The minimum atomic E-state index is -0.238. The van der Waals surface area contributed by atoms with Gasteiger partial charge in [0.2, 0.25) is 0 Å². The maximum absolute atomic E-state index is 12.5. The van der Waals surface area contributed by atoms with Gasteiger partial charge in [0.05, 0.1) is 16.8 Å². The lowest BCUT2D eigenvalue weighted by atomic mass is 9.98. The molecule has 4 nitrogen and oxygen atoms in total. The summed E-state index contributed by atoms with van der Waals surface area (Å²) in [5, 5.41) is 3.43. The fraction of sp³-hybridized carbons (Fsp3) is 0.222. The van der Waals surface area contributed by atoms with E-state index in [4.69, 9.17) is 0 Å². The minimum absolute atomic E-state index is 0.238. The fourth-order valence-electron chi connectivity index (χ4n) is 3.20. The van der Waals surface area contributed by atoms with Crippen LogP contribution in [0.5, 0.6) is 0 Å². The van der Waals surface area contributed by atoms with Gasteiger partial charge in [0, 0.05) is 11.7 Å². The van der Waals surface area contributed by atoms with Gasteiger partial charge in [-0.3, -0.25) is 9.59 Å². The Morgan fingerprint density at radius 1 is 1.05 bits per heavy atom. The van der Waals surface area contributed by atoms with Crippen LogP contribution in [0.4, 0.5) is 11.4 Å². The highest BCUT2D eigenvalue weighted by atomic mass is 16.2. The molecule has 2 heterocycles. The molecule has 0 aliphatic carbocycles. The molecular formula is C18H16N2O2. The van der Waals surface area contributed by atoms with Gasteiger partial charge in [-0.25, -0.2) is 4.90 Å². The number of carbonyl (C=O) groups is 2. The quantitative estimate of drug-likeness (QED) is 0.821. The summed E-state index contributed by atoms with van der Waals surface area (Å²) in [6, 6.07) is 13.2. The second-order valence-electron chi connectivity index (χ2n) is 5.92. The number of fused-ring (bicyclic) bond motifs is 2. The zero-order valence-electron chi connectivity index (χ0n) is 12.3. The van der Waals surface area contributed by atoms with E-state index in [9.17, 15) is 9.59 Å². The first kappa shape index (κ1) is 13.1. The van der Waals surface area contributed by atoms with Crippen LogP contribution >= 0.6 is 0 Å². The number of nitrogens with zero attached hydrogens (tertiary/aromatic N) is 1. The van der Waals surface area contributed by atoms with Gasteiger partial charge in [0.15, 0.2) is 0 Å². The van der Waals surface area contributed by atoms with E-state index < -0.39 is 0 Å². The molecule has 110 valence electrons. The highest BCUT2D eigenvalue weighted by Gasteiger charge is 2.36. The Morgan fingerprint density at radius 3 is 2.41 bits per heavy atom. The maximum atomic E-state index is 12.5. The number of imide groups is 1. The van der Waals surface area contributed by atoms with Gasteiger partial charge in [0.1, 0.15) is 0 Å². The molecule has 1 N–H and O–H groups in total. The van der Waals surface area contributed by atoms with Crippen molar-refractivity contribution in [1.82, 2.24) is 0 Å². The molecule has 2 amide bonds. The summed E-state index contributed by atoms with van der Waals surface area (Å²) < 4.78 is 0. The molecule has 2 aliphatic heterocycles. The summed E-state index contributed by atoms with van der Waals surface area (Å²) in [4.78, 5) is 26.3. The van der Waals surface area contributed by atoms with Crippen molar-refractivity contribution in [2.24, 2.45) is 0 Å². The molecule has 4 rings (SSSR count). The number of nitrogens with one attached hydrogen (secondary N) is 1. The van der Waals surface area contributed by atoms with Crippen LogP contribution in [0.2, 0.25) is 0 Å². The number of rotatable bonds is 1. The van der Waals surface area contributed by atoms with Crippen LogP contribution in [-0.4, -0.2) is 17.9 Å². The second kappa shape index (κ2) is 4.70. The smallest absolute Gasteiger partial charge is 0.266 e. The van der Waals surface area contributed by atoms with Gasteiger partial charge >= 0.3 is 0 Å². The molecule has 0 aromatic heterocycles. The Balaban J connectivity index is 1.75. The topological polar surface area (TPSA) is 49.4 Å². The van der Waals surface area contributed by atoms with E-state index >= 15 is 0 Å². The first-order valence-corrected chi connectivity index (χ1v) is 7.52. The lowest BCUT2D eigenvalue weighted by molar-refractivity contribution is 0.0926. The van der Waals surface area contributed by atoms with Crippen molar-refractivity contribution in [2.75, 3.05) is 10.2 Å². The van der Waals surface area contributed by atoms with Crippen molar-refractivity contribution >= 4 is 23.2 Å². The highest BCUT2D eigenvalue weighted by Crippen LogP contribution is 2.33. The molecule has 0 saturated heterocycles. The lowest BCUT2D eigenvalue weighted by Crippen LogP contribution is -2.30. The average molecular weight is 292 g/mol. The van der Waals surface area contributed by atoms with Crippen LogP contribution in [0, 0.1) is 0 Å². The van der Waals surface area contributed by atoms with Crippen LogP contribution < -0.4 is 10.2 Å². The van der Waals surface area contributed by atoms with Crippen LogP contribution in [0.3, 0.4) is 0 Å². The summed E-state index contributed by atoms with van der Waals surface area (Å²) in [6.45, 7) is 2.15. The summed E-state index contributed by atoms with van der Waals surface area (Å²) in [5.74, 6) is -0.477. The summed E-state index contributed by atoms with van der Waals surface area (Å²) in [6.07, 6.45) is 2.01. The van der Waals surface area contributed by atoms with Crippen molar-refractivity contribution < 1.29 is 9.59 Å². The van der Waals surface area contributed by atoms with E-state index in [2.05, 4.69) is 12.2 Å². The van der Waals surface area contributed by atoms with Crippen LogP contribution in [0.25, 0.3) is 0 Å². The molecule has 1 unspecified atom stereocenters. The van der Waals surface area contributed by atoms with Gasteiger partial charge in [-0.2, -0.15) is 0 Å². The van der Waals surface area contributed by atoms with Crippen LogP contribution in [0.15, 0.2) is 42.5 Å². The molecule has 0 saturated carbocycles. The van der Waals surface area contributed by atoms with Crippen molar-refractivity contribution in [3.8, 4) is 0 Å². The standard InChI is InChI=1S/C18H16N2O2/c1-11-6-7-12-10-13(8-9-16(12)19-11)20-17(21)14-4-2-3-5-15(14)18(20)22/h2-5,8-11,19H,6-7H2,1H3. The molecule has 0 radical (unpaired) electrons. The van der Waals surface area contributed by atoms with Crippen LogP contribution in [-0.2, 0) is 6.42 Å². The van der Waals surface area contributed by atoms with E-state index in [0.717, 1.165) is 24.1 Å². The first-order chi connectivity index (χ1) is 10.6. The zero-order chi connectivity index (χ0) is 15.3. The van der Waals surface area contributed by atoms with E-state index in [1.165, 1.54) is 4.90 Å². The Labute approximate surface area is 128 Å². The molecule has 2 aromatic rings. The Hall–Kier alpha value is -2.62. The summed E-state index contributed by atoms with van der Waals surface area (Å²) >= 11 is 0. The molecule has 1 atom stereocenters. The monoisotopic (exact) mass is 292 g/mol. The zero-order valence-corrected chi connectivity index (χ0v) is 12.3. The molecule has 0 spiro atoms. The van der Waals surface area contributed by atoms with Crippen molar-refractivity contribution in [3.63, 3.8) is 0 Å². The minimum Gasteiger partial charge on any atom is -0.382 e. The van der Waals surface area contributed by atoms with Gasteiger partial charge in [-0.15, -0.1) is 0 Å². The number of carbonyl (C=O) groups excluding carboxylic acids is 2. The third kappa shape index (κ3) is 1.84. The molecule has 2 aromatic carbocycles. The summed E-state index contributed by atoms with van der Waals surface area (Å²) in [5.41, 5.74) is 3.88. The number of amides is 2. The third-order valence-electron chi connectivity index (χ3n) is 4.39. The molecule has 2 aliphatic rings. The van der Waals surface area contributed by atoms with E-state index in [1.807, 2.05) is 18.2 Å². The Bertz CT molecular complexity index is 762. The van der Waals surface area contributed by atoms with Gasteiger partial charge in [-0.1, -0.05) is 12.1 Å². The number of hydrogen-bond acceptors (Lipinski definition) is 3. The maximum Gasteiger partial charge on any atom is 0.266 e. The predicted octanol–water partition coefficient (Wildman–Crippen LogP) is 3.23. The fourth-order valence-corrected chi connectivity index (χ4v) is 3.20. The third-order valence-corrected chi connectivity index (χ3v) is 4.39. The molecular weight excluding hydrogens is 276 g/mol. The van der Waals surface area contributed by atoms with E-state index in [1.54, 1.807) is 24.3 Å². The van der Waals surface area contributed by atoms with E-state index in [-0.39, 0.29) is 11.8 Å². The van der Waals surface area contributed by atoms with Gasteiger partial charge in [0.25, 0.3) is 11.8 Å².